The van der Waals surface area contributed by atoms with Crippen molar-refractivity contribution in [2.24, 2.45) is 0 Å². The molecule has 11 heteroatoms. The summed E-state index contributed by atoms with van der Waals surface area (Å²) in [5.41, 5.74) is 1.72. The van der Waals surface area contributed by atoms with E-state index in [0.717, 1.165) is 82.6 Å². The molecular formula is C55H80O11. The first-order valence-corrected chi connectivity index (χ1v) is 23.2. The van der Waals surface area contributed by atoms with Crippen LogP contribution in [0.1, 0.15) is 128 Å². The lowest BCUT2D eigenvalue weighted by Crippen LogP contribution is -2.10. The lowest BCUT2D eigenvalue weighted by molar-refractivity contribution is -0.139. The standard InChI is InChI=1S/C45H58O10.2C4H8.C2H6O/c1-4-20-38(21-19-32-50-31-15-11-7-8-13-17-34-52-42(46)5-2)44(48)54-36-30-37-22-26-41(27-23-37)55-45(49)39-24-28-40(29-25-39)51-33-16-12-9-10-14-18-35-53-43(47)6-3;2*1-3-4-2;1-2-3/h4-6,19-29H,1-3,7-18,30-36H2;2*3-4H,1-2H3;3H,2H2,1H3/b21-19-,38-20+;2*4-3-;. The summed E-state index contributed by atoms with van der Waals surface area (Å²) in [6.07, 6.45) is 29.5. The summed E-state index contributed by atoms with van der Waals surface area (Å²) in [5.74, 6) is -0.576. The molecule has 11 nitrogen and oxygen atoms in total. The highest BCUT2D eigenvalue weighted by Crippen LogP contribution is 2.18. The zero-order valence-electron chi connectivity index (χ0n) is 40.7. The molecule has 0 atom stereocenters. The molecule has 0 heterocycles. The summed E-state index contributed by atoms with van der Waals surface area (Å²) in [6.45, 7) is 23.0. The molecule has 2 aromatic carbocycles. The molecule has 0 amide bonds. The number of hydrogen-bond acceptors (Lipinski definition) is 11. The minimum Gasteiger partial charge on any atom is -0.494 e. The number of carbonyl (C=O) groups is 4. The predicted molar refractivity (Wildman–Crippen MR) is 268 cm³/mol. The van der Waals surface area contributed by atoms with Gasteiger partial charge >= 0.3 is 23.9 Å². The number of unbranched alkanes of at least 4 members (excludes halogenated alkanes) is 10. The first kappa shape index (κ1) is 62.3. The number of allylic oxidation sites excluding steroid dienone is 6. The van der Waals surface area contributed by atoms with Crippen molar-refractivity contribution >= 4 is 23.9 Å². The molecule has 0 saturated heterocycles. The summed E-state index contributed by atoms with van der Waals surface area (Å²) in [7, 11) is 0. The van der Waals surface area contributed by atoms with Crippen molar-refractivity contribution in [1.29, 1.82) is 0 Å². The van der Waals surface area contributed by atoms with Gasteiger partial charge in [-0.15, -0.1) is 0 Å². The Morgan fingerprint density at radius 1 is 0.576 bits per heavy atom. The average Bonchev–Trinajstić information content (AvgIpc) is 3.33. The van der Waals surface area contributed by atoms with Crippen molar-refractivity contribution < 1.29 is 52.7 Å². The molecule has 0 aromatic heterocycles. The maximum atomic E-state index is 12.7. The molecule has 2 rings (SSSR count). The molecule has 0 spiro atoms. The highest BCUT2D eigenvalue weighted by Gasteiger charge is 2.11. The normalized spacial score (nSPS) is 10.7. The van der Waals surface area contributed by atoms with Crippen LogP contribution in [0, 0.1) is 0 Å². The fourth-order valence-electron chi connectivity index (χ4n) is 5.15. The number of rotatable bonds is 31. The van der Waals surface area contributed by atoms with Crippen LogP contribution in [-0.2, 0) is 39.8 Å². The van der Waals surface area contributed by atoms with Gasteiger partial charge in [0.15, 0.2) is 0 Å². The van der Waals surface area contributed by atoms with Crippen molar-refractivity contribution in [2.45, 2.75) is 118 Å². The summed E-state index contributed by atoms with van der Waals surface area (Å²) < 4.78 is 32.4. The Labute approximate surface area is 396 Å². The Morgan fingerprint density at radius 3 is 1.50 bits per heavy atom. The van der Waals surface area contributed by atoms with Crippen LogP contribution in [0.5, 0.6) is 11.5 Å². The van der Waals surface area contributed by atoms with Gasteiger partial charge in [-0.2, -0.15) is 0 Å². The molecule has 1 N–H and O–H groups in total. The van der Waals surface area contributed by atoms with Gasteiger partial charge in [-0.05, 0) is 114 Å². The zero-order chi connectivity index (χ0) is 49.3. The van der Waals surface area contributed by atoms with Crippen molar-refractivity contribution in [2.75, 3.05) is 46.2 Å². The maximum Gasteiger partial charge on any atom is 0.343 e. The van der Waals surface area contributed by atoms with E-state index in [4.69, 9.17) is 33.5 Å². The van der Waals surface area contributed by atoms with E-state index in [2.05, 4.69) is 19.7 Å². The molecule has 66 heavy (non-hydrogen) atoms. The van der Waals surface area contributed by atoms with Crippen LogP contribution in [0.3, 0.4) is 0 Å². The summed E-state index contributed by atoms with van der Waals surface area (Å²) in [6, 6.07) is 14.0. The number of carbonyl (C=O) groups excluding carboxylic acids is 4. The number of esters is 4. The molecule has 0 aliphatic heterocycles. The van der Waals surface area contributed by atoms with E-state index in [1.165, 1.54) is 18.2 Å². The third-order valence-electron chi connectivity index (χ3n) is 8.87. The minimum absolute atomic E-state index is 0.182. The van der Waals surface area contributed by atoms with Crippen LogP contribution in [-0.4, -0.2) is 75.2 Å². The Hall–Kier alpha value is -5.78. The second kappa shape index (κ2) is 47.2. The van der Waals surface area contributed by atoms with E-state index in [0.29, 0.717) is 62.1 Å². The molecule has 2 aromatic rings. The first-order chi connectivity index (χ1) is 32.1. The monoisotopic (exact) mass is 917 g/mol. The van der Waals surface area contributed by atoms with Crippen molar-refractivity contribution in [1.82, 2.24) is 0 Å². The van der Waals surface area contributed by atoms with Crippen LogP contribution in [0.4, 0.5) is 0 Å². The molecule has 0 aliphatic carbocycles. The molecule has 366 valence electrons. The van der Waals surface area contributed by atoms with E-state index >= 15 is 0 Å². The fraction of sp³-hybridized carbons (Fsp3) is 0.455. The zero-order valence-corrected chi connectivity index (χ0v) is 40.7. The maximum absolute atomic E-state index is 12.7. The Bertz CT molecular complexity index is 1670. The Kier molecular flexibility index (Phi) is 44.5. The predicted octanol–water partition coefficient (Wildman–Crippen LogP) is 12.4. The SMILES string of the molecule is C/C=C\C.C/C=C\C.C=C/C=C(\C=C/COCCCCCCCCOC(=O)C=C)C(=O)OCCc1ccc(OC(=O)c2ccc(OCCCCCCCCOC(=O)C=C)cc2)cc1.CCO. The van der Waals surface area contributed by atoms with E-state index in [-0.39, 0.29) is 25.2 Å². The molecule has 0 aliphatic rings. The smallest absolute Gasteiger partial charge is 0.343 e. The molecule has 0 radical (unpaired) electrons. The molecule has 0 saturated carbocycles. The lowest BCUT2D eigenvalue weighted by Gasteiger charge is -2.09. The van der Waals surface area contributed by atoms with E-state index in [1.807, 2.05) is 64.1 Å². The summed E-state index contributed by atoms with van der Waals surface area (Å²) in [5, 5.41) is 7.57. The van der Waals surface area contributed by atoms with Crippen molar-refractivity contribution in [3.63, 3.8) is 0 Å². The van der Waals surface area contributed by atoms with Gasteiger partial charge in [-0.25, -0.2) is 19.2 Å². The van der Waals surface area contributed by atoms with Gasteiger partial charge in [0.2, 0.25) is 0 Å². The Balaban J connectivity index is 0. The van der Waals surface area contributed by atoms with Gasteiger partial charge in [0.25, 0.3) is 0 Å². The van der Waals surface area contributed by atoms with Gasteiger partial charge in [-0.1, -0.05) is 120 Å². The van der Waals surface area contributed by atoms with Crippen LogP contribution >= 0.6 is 0 Å². The van der Waals surface area contributed by atoms with Crippen LogP contribution in [0.2, 0.25) is 0 Å². The highest BCUT2D eigenvalue weighted by molar-refractivity contribution is 5.92. The minimum atomic E-state index is -0.471. The Morgan fingerprint density at radius 2 is 1.03 bits per heavy atom. The van der Waals surface area contributed by atoms with E-state index in [9.17, 15) is 19.2 Å². The van der Waals surface area contributed by atoms with Gasteiger partial charge in [0.05, 0.1) is 44.2 Å². The highest BCUT2D eigenvalue weighted by atomic mass is 16.5. The van der Waals surface area contributed by atoms with Crippen LogP contribution < -0.4 is 9.47 Å². The molecule has 0 unspecified atom stereocenters. The van der Waals surface area contributed by atoms with Gasteiger partial charge in [0, 0.05) is 31.8 Å². The summed E-state index contributed by atoms with van der Waals surface area (Å²) in [4.78, 5) is 47.3. The number of hydrogen-bond donors (Lipinski definition) is 1. The summed E-state index contributed by atoms with van der Waals surface area (Å²) >= 11 is 0. The third kappa shape index (κ3) is 38.7. The molecule has 0 fully saturated rings. The first-order valence-electron chi connectivity index (χ1n) is 23.2. The number of benzene rings is 2. The molecular weight excluding hydrogens is 837 g/mol. The molecule has 0 bridgehead atoms. The van der Waals surface area contributed by atoms with E-state index in [1.54, 1.807) is 61.5 Å². The van der Waals surface area contributed by atoms with Crippen molar-refractivity contribution in [3.05, 3.63) is 146 Å². The average molecular weight is 917 g/mol. The number of aliphatic hydroxyl groups is 1. The van der Waals surface area contributed by atoms with Gasteiger partial charge < -0.3 is 33.5 Å². The second-order valence-electron chi connectivity index (χ2n) is 14.3. The lowest BCUT2D eigenvalue weighted by atomic mass is 10.1. The fourth-order valence-corrected chi connectivity index (χ4v) is 5.15. The van der Waals surface area contributed by atoms with Crippen LogP contribution in [0.15, 0.2) is 135 Å². The van der Waals surface area contributed by atoms with E-state index < -0.39 is 11.9 Å². The second-order valence-corrected chi connectivity index (χ2v) is 14.3. The number of aliphatic hydroxyl groups excluding tert-OH is 1. The third-order valence-corrected chi connectivity index (χ3v) is 8.87. The van der Waals surface area contributed by atoms with Crippen LogP contribution in [0.25, 0.3) is 0 Å². The van der Waals surface area contributed by atoms with Gasteiger partial charge in [-0.3, -0.25) is 0 Å². The largest absolute Gasteiger partial charge is 0.494 e. The topological polar surface area (TPSA) is 144 Å². The van der Waals surface area contributed by atoms with Gasteiger partial charge in [0.1, 0.15) is 11.5 Å². The number of ether oxygens (including phenoxy) is 6. The van der Waals surface area contributed by atoms with Crippen molar-refractivity contribution in [3.8, 4) is 11.5 Å². The quantitative estimate of drug-likeness (QED) is 0.0147.